The summed E-state index contributed by atoms with van der Waals surface area (Å²) in [5.41, 5.74) is -0.681. The molecule has 0 saturated carbocycles. The molecule has 0 fully saturated rings. The predicted molar refractivity (Wildman–Crippen MR) is 137 cm³/mol. The van der Waals surface area contributed by atoms with Crippen molar-refractivity contribution in [1.82, 2.24) is 0 Å². The van der Waals surface area contributed by atoms with Gasteiger partial charge in [-0.2, -0.15) is 13.2 Å². The molecule has 0 aliphatic heterocycles. The maximum atomic E-state index is 13.3. The van der Waals surface area contributed by atoms with Gasteiger partial charge in [0.1, 0.15) is 35.2 Å². The van der Waals surface area contributed by atoms with Crippen molar-refractivity contribution in [2.24, 2.45) is 0 Å². The first-order chi connectivity index (χ1) is 18.2. The van der Waals surface area contributed by atoms with Crippen LogP contribution >= 0.6 is 0 Å². The summed E-state index contributed by atoms with van der Waals surface area (Å²) < 4.78 is 56.0. The minimum Gasteiger partial charge on any atom is -0.506 e. The maximum Gasteiger partial charge on any atom is 0.419 e. The molecule has 208 valence electrons. The van der Waals surface area contributed by atoms with E-state index in [1.54, 1.807) is 69.3 Å². The molecule has 3 aromatic carbocycles. The highest BCUT2D eigenvalue weighted by Crippen LogP contribution is 2.39. The fourth-order valence-corrected chi connectivity index (χ4v) is 3.83. The number of methoxy groups -OCH3 is 1. The molecule has 39 heavy (non-hydrogen) atoms. The Bertz CT molecular complexity index is 1310. The molecule has 3 aromatic rings. The quantitative estimate of drug-likeness (QED) is 0.298. The largest absolute Gasteiger partial charge is 0.506 e. The summed E-state index contributed by atoms with van der Waals surface area (Å²) in [6.45, 7) is 4.43. The van der Waals surface area contributed by atoms with Crippen LogP contribution in [0.15, 0.2) is 60.7 Å². The van der Waals surface area contributed by atoms with Crippen LogP contribution in [0.2, 0.25) is 0 Å². The highest BCUT2D eigenvalue weighted by Gasteiger charge is 2.37. The summed E-state index contributed by atoms with van der Waals surface area (Å²) in [7, 11) is 1.44. The van der Waals surface area contributed by atoms with Gasteiger partial charge < -0.3 is 24.4 Å². The van der Waals surface area contributed by atoms with Gasteiger partial charge in [-0.15, -0.1) is 0 Å². The molecule has 10 heteroatoms. The summed E-state index contributed by atoms with van der Waals surface area (Å²) in [4.78, 5) is 24.2. The number of phenols is 1. The summed E-state index contributed by atoms with van der Waals surface area (Å²) in [6, 6.07) is 15.6. The smallest absolute Gasteiger partial charge is 0.419 e. The number of ether oxygens (including phenoxy) is 3. The fraction of sp³-hybridized carbons (Fsp3) is 0.310. The molecule has 3 rings (SSSR count). The normalized spacial score (nSPS) is 12.6. The summed E-state index contributed by atoms with van der Waals surface area (Å²) in [5, 5.41) is 19.7. The fourth-order valence-electron chi connectivity index (χ4n) is 3.83. The molecule has 0 heterocycles. The third-order valence-corrected chi connectivity index (χ3v) is 5.70. The summed E-state index contributed by atoms with van der Waals surface area (Å²) >= 11 is 0. The number of esters is 1. The van der Waals surface area contributed by atoms with E-state index in [1.165, 1.54) is 7.11 Å². The number of carboxylic acids is 1. The van der Waals surface area contributed by atoms with Gasteiger partial charge in [0.05, 0.1) is 12.2 Å². The lowest BCUT2D eigenvalue weighted by Gasteiger charge is -2.22. The van der Waals surface area contributed by atoms with Crippen molar-refractivity contribution < 1.29 is 47.2 Å². The number of aromatic hydroxyl groups is 1. The molecule has 1 atom stereocenters. The number of hydrogen-bond donors (Lipinski definition) is 2. The molecule has 0 bridgehead atoms. The number of hydrogen-bond acceptors (Lipinski definition) is 6. The Morgan fingerprint density at radius 3 is 1.95 bits per heavy atom. The average molecular weight is 547 g/mol. The van der Waals surface area contributed by atoms with Crippen molar-refractivity contribution in [2.45, 2.75) is 45.1 Å². The van der Waals surface area contributed by atoms with Gasteiger partial charge in [0.2, 0.25) is 0 Å². The van der Waals surface area contributed by atoms with E-state index in [9.17, 15) is 33.0 Å². The van der Waals surface area contributed by atoms with Gasteiger partial charge in [0, 0.05) is 12.7 Å². The van der Waals surface area contributed by atoms with Crippen molar-refractivity contribution in [3.63, 3.8) is 0 Å². The van der Waals surface area contributed by atoms with Crippen LogP contribution in [-0.4, -0.2) is 41.5 Å². The van der Waals surface area contributed by atoms with Crippen LogP contribution in [0.25, 0.3) is 11.1 Å². The van der Waals surface area contributed by atoms with Crippen LogP contribution in [0.4, 0.5) is 13.2 Å². The maximum absolute atomic E-state index is 13.3. The third kappa shape index (κ3) is 7.51. The van der Waals surface area contributed by atoms with E-state index in [0.717, 1.165) is 17.2 Å². The van der Waals surface area contributed by atoms with Gasteiger partial charge >= 0.3 is 18.1 Å². The van der Waals surface area contributed by atoms with Gasteiger partial charge in [0.15, 0.2) is 0 Å². The van der Waals surface area contributed by atoms with E-state index in [1.807, 2.05) is 0 Å². The Morgan fingerprint density at radius 2 is 1.46 bits per heavy atom. The standard InChI is InChI=1S/C29H29F3O7/c1-28(2,3)39-27(36)24-20(11-14-23(25(24)33)29(30,31)32)15-38-21-12-9-18(10-13-21)17-5-7-19(8-6-17)22(16-37-4)26(34)35/h5-14,22,33H,15-16H2,1-4H3,(H,34,35). The zero-order valence-electron chi connectivity index (χ0n) is 21.8. The average Bonchev–Trinajstić information content (AvgIpc) is 2.84. The first-order valence-electron chi connectivity index (χ1n) is 11.9. The number of carbonyl (C=O) groups is 2. The number of aliphatic carboxylic acids is 1. The van der Waals surface area contributed by atoms with Gasteiger partial charge in [-0.25, -0.2) is 4.79 Å². The van der Waals surface area contributed by atoms with Crippen molar-refractivity contribution >= 4 is 11.9 Å². The number of alkyl halides is 3. The molecular weight excluding hydrogens is 517 g/mol. The Labute approximate surface area is 223 Å². The van der Waals surface area contributed by atoms with Crippen LogP contribution < -0.4 is 4.74 Å². The van der Waals surface area contributed by atoms with E-state index in [2.05, 4.69) is 0 Å². The van der Waals surface area contributed by atoms with Crippen LogP contribution in [0.3, 0.4) is 0 Å². The molecule has 2 N–H and O–H groups in total. The van der Waals surface area contributed by atoms with Gasteiger partial charge in [0.25, 0.3) is 0 Å². The molecule has 0 radical (unpaired) electrons. The SMILES string of the molecule is COCC(C(=O)O)c1ccc(-c2ccc(OCc3ccc(C(F)(F)F)c(O)c3C(=O)OC(C)(C)C)cc2)cc1. The number of halogens is 3. The second-order valence-electron chi connectivity index (χ2n) is 9.78. The highest BCUT2D eigenvalue weighted by molar-refractivity contribution is 5.95. The molecule has 0 saturated heterocycles. The molecule has 1 unspecified atom stereocenters. The summed E-state index contributed by atoms with van der Waals surface area (Å²) in [5.74, 6) is -3.71. The molecule has 7 nitrogen and oxygen atoms in total. The van der Waals surface area contributed by atoms with Crippen molar-refractivity contribution in [3.05, 3.63) is 82.9 Å². The number of benzene rings is 3. The van der Waals surface area contributed by atoms with Crippen molar-refractivity contribution in [1.29, 1.82) is 0 Å². The van der Waals surface area contributed by atoms with E-state index in [-0.39, 0.29) is 18.8 Å². The van der Waals surface area contributed by atoms with Crippen molar-refractivity contribution in [3.8, 4) is 22.6 Å². The third-order valence-electron chi connectivity index (χ3n) is 5.70. The number of rotatable bonds is 9. The number of carbonyl (C=O) groups excluding carboxylic acids is 1. The zero-order valence-corrected chi connectivity index (χ0v) is 21.8. The lowest BCUT2D eigenvalue weighted by molar-refractivity contribution is -0.140. The van der Waals surface area contributed by atoms with E-state index in [0.29, 0.717) is 17.4 Å². The molecule has 0 spiro atoms. The minimum absolute atomic E-state index is 0.0264. The van der Waals surface area contributed by atoms with E-state index < -0.39 is 46.5 Å². The lowest BCUT2D eigenvalue weighted by Crippen LogP contribution is -2.25. The Hall–Kier alpha value is -4.05. The monoisotopic (exact) mass is 546 g/mol. The Balaban J connectivity index is 1.80. The molecule has 0 amide bonds. The van der Waals surface area contributed by atoms with E-state index in [4.69, 9.17) is 14.2 Å². The molecule has 0 aliphatic carbocycles. The topological polar surface area (TPSA) is 102 Å². The van der Waals surface area contributed by atoms with Crippen LogP contribution in [-0.2, 0) is 27.1 Å². The van der Waals surface area contributed by atoms with E-state index >= 15 is 0 Å². The number of phenolic OH excluding ortho intramolecular Hbond substituents is 1. The summed E-state index contributed by atoms with van der Waals surface area (Å²) in [6.07, 6.45) is -4.87. The predicted octanol–water partition coefficient (Wildman–Crippen LogP) is 6.43. The van der Waals surface area contributed by atoms with Gasteiger partial charge in [-0.1, -0.05) is 42.5 Å². The van der Waals surface area contributed by atoms with Gasteiger partial charge in [-0.05, 0) is 55.7 Å². The second-order valence-corrected chi connectivity index (χ2v) is 9.78. The number of carboxylic acid groups (broad SMARTS) is 1. The Kier molecular flexibility index (Phi) is 8.91. The Morgan fingerprint density at radius 1 is 0.897 bits per heavy atom. The van der Waals surface area contributed by atoms with Gasteiger partial charge in [-0.3, -0.25) is 4.79 Å². The molecule has 0 aliphatic rings. The highest BCUT2D eigenvalue weighted by atomic mass is 19.4. The van der Waals surface area contributed by atoms with Crippen LogP contribution in [0, 0.1) is 0 Å². The van der Waals surface area contributed by atoms with Crippen LogP contribution in [0.1, 0.15) is 53.7 Å². The minimum atomic E-state index is -4.87. The van der Waals surface area contributed by atoms with Crippen LogP contribution in [0.5, 0.6) is 11.5 Å². The second kappa shape index (κ2) is 11.8. The first-order valence-corrected chi connectivity index (χ1v) is 11.9. The first kappa shape index (κ1) is 29.5. The zero-order chi connectivity index (χ0) is 29.0. The van der Waals surface area contributed by atoms with Crippen molar-refractivity contribution in [2.75, 3.05) is 13.7 Å². The molecular formula is C29H29F3O7. The lowest BCUT2D eigenvalue weighted by atomic mass is 9.97. The molecule has 0 aromatic heterocycles.